The number of nitrogens with one attached hydrogen (secondary N) is 1. The zero-order chi connectivity index (χ0) is 12.3. The Labute approximate surface area is 104 Å². The number of hydrogen-bond donors (Lipinski definition) is 1. The lowest BCUT2D eigenvalue weighted by molar-refractivity contribution is -0.138. The molecule has 1 aromatic rings. The van der Waals surface area contributed by atoms with Gasteiger partial charge in [0.2, 0.25) is 5.84 Å². The fraction of sp³-hybridized carbons (Fsp3) is 0.273. The van der Waals surface area contributed by atoms with E-state index in [0.29, 0.717) is 18.2 Å². The third kappa shape index (κ3) is 2.88. The average molecular weight is 254 g/mol. The van der Waals surface area contributed by atoms with E-state index in [0.717, 1.165) is 5.69 Å². The zero-order valence-electron chi connectivity index (χ0n) is 9.31. The highest BCUT2D eigenvalue weighted by Gasteiger charge is 2.23. The Morgan fingerprint density at radius 2 is 2.12 bits per heavy atom. The Kier molecular flexibility index (Phi) is 3.49. The van der Waals surface area contributed by atoms with Crippen LogP contribution in [0.3, 0.4) is 0 Å². The van der Waals surface area contributed by atoms with E-state index in [2.05, 4.69) is 10.5 Å². The van der Waals surface area contributed by atoms with E-state index in [9.17, 15) is 4.79 Å². The van der Waals surface area contributed by atoms with E-state index in [1.54, 1.807) is 36.2 Å². The Morgan fingerprint density at radius 3 is 2.76 bits per heavy atom. The van der Waals surface area contributed by atoms with Crippen molar-refractivity contribution < 1.29 is 9.53 Å². The summed E-state index contributed by atoms with van der Waals surface area (Å²) >= 11 is 5.76. The summed E-state index contributed by atoms with van der Waals surface area (Å²) in [5.41, 5.74) is 3.55. The molecule has 0 spiro atoms. The molecule has 0 bridgehead atoms. The highest BCUT2D eigenvalue weighted by Crippen LogP contribution is 2.13. The maximum atomic E-state index is 11.4. The van der Waals surface area contributed by atoms with Crippen molar-refractivity contribution in [3.63, 3.8) is 0 Å². The van der Waals surface area contributed by atoms with E-state index in [4.69, 9.17) is 16.3 Å². The number of halogens is 1. The molecule has 0 atom stereocenters. The lowest BCUT2D eigenvalue weighted by Gasteiger charge is -2.24. The summed E-state index contributed by atoms with van der Waals surface area (Å²) in [6, 6.07) is 7.04. The van der Waals surface area contributed by atoms with Gasteiger partial charge in [-0.2, -0.15) is 0 Å². The molecule has 5 nitrogen and oxygen atoms in total. The van der Waals surface area contributed by atoms with E-state index >= 15 is 0 Å². The number of benzene rings is 1. The number of nitrogens with zero attached hydrogens (tertiary/aromatic N) is 2. The largest absolute Gasteiger partial charge is 0.458 e. The van der Waals surface area contributed by atoms with Gasteiger partial charge < -0.3 is 9.64 Å². The third-order valence-electron chi connectivity index (χ3n) is 2.34. The summed E-state index contributed by atoms with van der Waals surface area (Å²) in [6.07, 6.45) is 0. The van der Waals surface area contributed by atoms with Crippen molar-refractivity contribution >= 4 is 29.1 Å². The Balaban J connectivity index is 2.08. The number of carbonyl (C=O) groups is 1. The molecule has 1 N–H and O–H groups in total. The summed E-state index contributed by atoms with van der Waals surface area (Å²) < 4.78 is 4.90. The highest BCUT2D eigenvalue weighted by molar-refractivity contribution is 6.35. The minimum absolute atomic E-state index is 0.270. The van der Waals surface area contributed by atoms with Gasteiger partial charge in [0.05, 0.1) is 12.2 Å². The molecule has 0 unspecified atom stereocenters. The molecule has 17 heavy (non-hydrogen) atoms. The molecule has 6 heteroatoms. The van der Waals surface area contributed by atoms with Crippen molar-refractivity contribution in [3.8, 4) is 0 Å². The number of carbonyl (C=O) groups excluding carboxylic acids is 1. The summed E-state index contributed by atoms with van der Waals surface area (Å²) in [5, 5.41) is 4.67. The Morgan fingerprint density at radius 1 is 1.41 bits per heavy atom. The number of rotatable bonds is 2. The molecule has 1 aliphatic rings. The maximum Gasteiger partial charge on any atom is 0.376 e. The van der Waals surface area contributed by atoms with Crippen molar-refractivity contribution in [2.75, 3.05) is 25.6 Å². The van der Waals surface area contributed by atoms with Crippen LogP contribution >= 0.6 is 11.6 Å². The van der Waals surface area contributed by atoms with Gasteiger partial charge in [-0.1, -0.05) is 11.6 Å². The van der Waals surface area contributed by atoms with Gasteiger partial charge in [0.15, 0.2) is 0 Å². The van der Waals surface area contributed by atoms with Crippen molar-refractivity contribution in [1.82, 2.24) is 4.90 Å². The van der Waals surface area contributed by atoms with Crippen molar-refractivity contribution in [3.05, 3.63) is 29.3 Å². The predicted octanol–water partition coefficient (Wildman–Crippen LogP) is 1.55. The number of hydrazone groups is 1. The molecule has 0 radical (unpaired) electrons. The van der Waals surface area contributed by atoms with Crippen LogP contribution in [0, 0.1) is 0 Å². The standard InChI is InChI=1S/C11H12ClN3O2/c1-15-6-7-17-11(16)10(15)14-13-9-4-2-8(12)3-5-9/h2-5,13H,6-7H2,1H3. The summed E-state index contributed by atoms with van der Waals surface area (Å²) in [6.45, 7) is 1.04. The van der Waals surface area contributed by atoms with Crippen molar-refractivity contribution in [2.24, 2.45) is 5.10 Å². The van der Waals surface area contributed by atoms with Crippen LogP contribution in [0.15, 0.2) is 29.4 Å². The van der Waals surface area contributed by atoms with E-state index in [1.165, 1.54) is 0 Å². The van der Waals surface area contributed by atoms with Gasteiger partial charge in [-0.15, -0.1) is 5.10 Å². The first kappa shape index (κ1) is 11.7. The lowest BCUT2D eigenvalue weighted by atomic mass is 10.3. The molecular weight excluding hydrogens is 242 g/mol. The Bertz CT molecular complexity index is 445. The van der Waals surface area contributed by atoms with Gasteiger partial charge in [-0.3, -0.25) is 5.43 Å². The topological polar surface area (TPSA) is 53.9 Å². The quantitative estimate of drug-likeness (QED) is 0.642. The third-order valence-corrected chi connectivity index (χ3v) is 2.59. The minimum Gasteiger partial charge on any atom is -0.458 e. The molecule has 1 aliphatic heterocycles. The number of likely N-dealkylation sites (N-methyl/N-ethyl adjacent to an activating group) is 1. The molecular formula is C11H12ClN3O2. The van der Waals surface area contributed by atoms with Crippen LogP contribution in [0.25, 0.3) is 0 Å². The summed E-state index contributed by atoms with van der Waals surface area (Å²) in [4.78, 5) is 13.2. The predicted molar refractivity (Wildman–Crippen MR) is 66.1 cm³/mol. The minimum atomic E-state index is -0.416. The number of morpholine rings is 1. The average Bonchev–Trinajstić information content (AvgIpc) is 2.31. The number of amidine groups is 1. The molecule has 90 valence electrons. The van der Waals surface area contributed by atoms with Crippen LogP contribution in [0.2, 0.25) is 5.02 Å². The normalized spacial score (nSPS) is 18.1. The van der Waals surface area contributed by atoms with Crippen LogP contribution in [0.1, 0.15) is 0 Å². The number of anilines is 1. The second-order valence-corrected chi connectivity index (χ2v) is 4.05. The molecule has 0 aliphatic carbocycles. The van der Waals surface area contributed by atoms with E-state index in [1.807, 2.05) is 0 Å². The molecule has 2 rings (SSSR count). The molecule has 0 saturated carbocycles. The number of cyclic esters (lactones) is 1. The van der Waals surface area contributed by atoms with Gasteiger partial charge >= 0.3 is 5.97 Å². The van der Waals surface area contributed by atoms with Crippen LogP contribution < -0.4 is 5.43 Å². The van der Waals surface area contributed by atoms with Gasteiger partial charge in [-0.05, 0) is 24.3 Å². The highest BCUT2D eigenvalue weighted by atomic mass is 35.5. The Hall–Kier alpha value is -1.75. The first-order chi connectivity index (χ1) is 8.16. The first-order valence-corrected chi connectivity index (χ1v) is 5.52. The second-order valence-electron chi connectivity index (χ2n) is 3.61. The van der Waals surface area contributed by atoms with E-state index in [-0.39, 0.29) is 5.84 Å². The van der Waals surface area contributed by atoms with Gasteiger partial charge in [0.1, 0.15) is 6.61 Å². The van der Waals surface area contributed by atoms with Crippen LogP contribution in [0.5, 0.6) is 0 Å². The molecule has 1 saturated heterocycles. The second kappa shape index (κ2) is 5.05. The summed E-state index contributed by atoms with van der Waals surface area (Å²) in [7, 11) is 1.79. The van der Waals surface area contributed by atoms with Crippen LogP contribution in [-0.2, 0) is 9.53 Å². The number of hydrogen-bond acceptors (Lipinski definition) is 4. The summed E-state index contributed by atoms with van der Waals surface area (Å²) in [5.74, 6) is -0.147. The van der Waals surface area contributed by atoms with Gasteiger partial charge in [0.25, 0.3) is 0 Å². The van der Waals surface area contributed by atoms with Crippen LogP contribution in [0.4, 0.5) is 5.69 Å². The molecule has 1 heterocycles. The van der Waals surface area contributed by atoms with E-state index < -0.39 is 5.97 Å². The van der Waals surface area contributed by atoms with Gasteiger partial charge in [-0.25, -0.2) is 4.79 Å². The zero-order valence-corrected chi connectivity index (χ0v) is 10.1. The monoisotopic (exact) mass is 253 g/mol. The molecule has 0 amide bonds. The van der Waals surface area contributed by atoms with Gasteiger partial charge in [0, 0.05) is 12.1 Å². The number of esters is 1. The molecule has 1 aromatic carbocycles. The maximum absolute atomic E-state index is 11.4. The molecule has 0 aromatic heterocycles. The van der Waals surface area contributed by atoms with Crippen molar-refractivity contribution in [2.45, 2.75) is 0 Å². The first-order valence-electron chi connectivity index (χ1n) is 5.14. The molecule has 1 fully saturated rings. The van der Waals surface area contributed by atoms with Crippen molar-refractivity contribution in [1.29, 1.82) is 0 Å². The SMILES string of the molecule is CN1CCOC(=O)C1=NNc1ccc(Cl)cc1. The fourth-order valence-corrected chi connectivity index (χ4v) is 1.50. The lowest BCUT2D eigenvalue weighted by Crippen LogP contribution is -2.43. The fourth-order valence-electron chi connectivity index (χ4n) is 1.37. The van der Waals surface area contributed by atoms with Crippen LogP contribution in [-0.4, -0.2) is 36.9 Å². The smallest absolute Gasteiger partial charge is 0.376 e. The number of ether oxygens (including phenoxy) is 1.